The maximum atomic E-state index is 13.3. The van der Waals surface area contributed by atoms with Crippen molar-refractivity contribution in [2.45, 2.75) is 70.3 Å². The number of hydrogen-bond acceptors (Lipinski definition) is 3. The summed E-state index contributed by atoms with van der Waals surface area (Å²) in [5.41, 5.74) is 3.39. The molecule has 3 rings (SSSR count). The predicted molar refractivity (Wildman–Crippen MR) is 134 cm³/mol. The first-order valence-corrected chi connectivity index (χ1v) is 13.0. The third-order valence-corrected chi connectivity index (χ3v) is 7.17. The zero-order chi connectivity index (χ0) is 22.9. The smallest absolute Gasteiger partial charge is 0.243 e. The third kappa shape index (κ3) is 7.28. The summed E-state index contributed by atoms with van der Waals surface area (Å²) in [5.74, 6) is 1.07. The molecule has 2 aromatic carbocycles. The summed E-state index contributed by atoms with van der Waals surface area (Å²) < 4.78 is 0. The molecule has 1 unspecified atom stereocenters. The Morgan fingerprint density at radius 3 is 2.50 bits per heavy atom. The highest BCUT2D eigenvalue weighted by molar-refractivity contribution is 7.99. The van der Waals surface area contributed by atoms with Crippen molar-refractivity contribution in [1.29, 1.82) is 0 Å². The number of carbonyl (C=O) groups excluding carboxylic acids is 2. The van der Waals surface area contributed by atoms with Crippen LogP contribution in [0.1, 0.15) is 55.7 Å². The number of rotatable bonds is 10. The number of halogens is 1. The van der Waals surface area contributed by atoms with Gasteiger partial charge in [0, 0.05) is 23.4 Å². The Hall–Kier alpha value is -1.98. The van der Waals surface area contributed by atoms with Crippen LogP contribution in [0, 0.1) is 6.92 Å². The van der Waals surface area contributed by atoms with Crippen LogP contribution in [0.4, 0.5) is 0 Å². The Balaban J connectivity index is 1.69. The summed E-state index contributed by atoms with van der Waals surface area (Å²) in [6, 6.07) is 15.6. The molecule has 2 amide bonds. The fourth-order valence-corrected chi connectivity index (χ4v) is 5.20. The molecule has 172 valence electrons. The largest absolute Gasteiger partial charge is 0.352 e. The highest BCUT2D eigenvalue weighted by Gasteiger charge is 2.30. The molecule has 4 nitrogen and oxygen atoms in total. The van der Waals surface area contributed by atoms with E-state index in [-0.39, 0.29) is 17.9 Å². The molecule has 0 bridgehead atoms. The van der Waals surface area contributed by atoms with Gasteiger partial charge in [0.25, 0.3) is 0 Å². The van der Waals surface area contributed by atoms with Gasteiger partial charge in [0.15, 0.2) is 0 Å². The van der Waals surface area contributed by atoms with Gasteiger partial charge in [-0.25, -0.2) is 0 Å². The molecule has 32 heavy (non-hydrogen) atoms. The lowest BCUT2D eigenvalue weighted by atomic mass is 10.1. The van der Waals surface area contributed by atoms with Gasteiger partial charge in [-0.1, -0.05) is 73.3 Å². The lowest BCUT2D eigenvalue weighted by Gasteiger charge is -2.31. The average Bonchev–Trinajstić information content (AvgIpc) is 3.28. The fourth-order valence-electron chi connectivity index (χ4n) is 4.21. The van der Waals surface area contributed by atoms with E-state index >= 15 is 0 Å². The lowest BCUT2D eigenvalue weighted by molar-refractivity contribution is -0.139. The van der Waals surface area contributed by atoms with Crippen LogP contribution in [0.5, 0.6) is 0 Å². The van der Waals surface area contributed by atoms with Crippen molar-refractivity contribution < 1.29 is 9.59 Å². The van der Waals surface area contributed by atoms with Crippen LogP contribution in [-0.2, 0) is 21.9 Å². The van der Waals surface area contributed by atoms with Crippen LogP contribution in [0.15, 0.2) is 48.5 Å². The molecular weight excluding hydrogens is 440 g/mol. The van der Waals surface area contributed by atoms with Gasteiger partial charge in [-0.15, -0.1) is 11.8 Å². The number of nitrogens with one attached hydrogen (secondary N) is 1. The number of benzene rings is 2. The summed E-state index contributed by atoms with van der Waals surface area (Å²) in [6.45, 7) is 4.44. The van der Waals surface area contributed by atoms with Crippen molar-refractivity contribution in [3.8, 4) is 0 Å². The van der Waals surface area contributed by atoms with E-state index in [0.29, 0.717) is 23.7 Å². The molecule has 1 saturated carbocycles. The van der Waals surface area contributed by atoms with Crippen LogP contribution >= 0.6 is 23.4 Å². The Bertz CT molecular complexity index is 897. The Kier molecular flexibility index (Phi) is 9.49. The summed E-state index contributed by atoms with van der Waals surface area (Å²) in [5, 5.41) is 3.85. The molecule has 0 aromatic heterocycles. The van der Waals surface area contributed by atoms with E-state index in [1.165, 1.54) is 11.1 Å². The molecule has 0 saturated heterocycles. The molecule has 2 aromatic rings. The van der Waals surface area contributed by atoms with E-state index in [9.17, 15) is 9.59 Å². The van der Waals surface area contributed by atoms with E-state index < -0.39 is 6.04 Å². The maximum absolute atomic E-state index is 13.3. The number of carbonyl (C=O) groups is 2. The van der Waals surface area contributed by atoms with Gasteiger partial charge in [-0.05, 0) is 49.4 Å². The van der Waals surface area contributed by atoms with Crippen molar-refractivity contribution in [3.63, 3.8) is 0 Å². The second-order valence-electron chi connectivity index (χ2n) is 8.54. The molecule has 1 fully saturated rings. The number of nitrogens with zero attached hydrogens (tertiary/aromatic N) is 1. The average molecular weight is 473 g/mol. The topological polar surface area (TPSA) is 49.4 Å². The number of hydrogen-bond donors (Lipinski definition) is 1. The number of thioether (sulfide) groups is 1. The second-order valence-corrected chi connectivity index (χ2v) is 9.97. The second kappa shape index (κ2) is 12.3. The standard InChI is InChI=1S/C26H33ClN2O2S/c1-3-24(26(31)28-23-9-4-5-10-23)29(16-20-11-13-22(27)14-12-20)25(30)18-32-17-21-8-6-7-19(2)15-21/h6-8,11-15,23-24H,3-5,9-10,16-18H2,1-2H3,(H,28,31). The van der Waals surface area contributed by atoms with Crippen LogP contribution in [0.2, 0.25) is 5.02 Å². The van der Waals surface area contributed by atoms with E-state index in [0.717, 1.165) is 37.0 Å². The Labute approximate surface area is 201 Å². The van der Waals surface area contributed by atoms with Gasteiger partial charge >= 0.3 is 0 Å². The Morgan fingerprint density at radius 2 is 1.84 bits per heavy atom. The zero-order valence-electron chi connectivity index (χ0n) is 19.0. The maximum Gasteiger partial charge on any atom is 0.243 e. The summed E-state index contributed by atoms with van der Waals surface area (Å²) in [7, 11) is 0. The molecule has 1 aliphatic carbocycles. The summed E-state index contributed by atoms with van der Waals surface area (Å²) >= 11 is 7.63. The highest BCUT2D eigenvalue weighted by atomic mass is 35.5. The molecule has 0 radical (unpaired) electrons. The van der Waals surface area contributed by atoms with Gasteiger partial charge in [0.05, 0.1) is 5.75 Å². The van der Waals surface area contributed by atoms with E-state index in [1.54, 1.807) is 16.7 Å². The van der Waals surface area contributed by atoms with Crippen LogP contribution in [0.3, 0.4) is 0 Å². The van der Waals surface area contributed by atoms with Gasteiger partial charge < -0.3 is 10.2 Å². The molecule has 0 heterocycles. The normalized spacial score (nSPS) is 14.8. The number of amides is 2. The minimum absolute atomic E-state index is 0.00831. The van der Waals surface area contributed by atoms with Gasteiger partial charge in [0.2, 0.25) is 11.8 Å². The van der Waals surface area contributed by atoms with Crippen molar-refractivity contribution in [3.05, 3.63) is 70.2 Å². The molecule has 1 N–H and O–H groups in total. The molecule has 1 atom stereocenters. The Morgan fingerprint density at radius 1 is 1.12 bits per heavy atom. The van der Waals surface area contributed by atoms with E-state index in [4.69, 9.17) is 11.6 Å². The quantitative estimate of drug-likeness (QED) is 0.479. The molecular formula is C26H33ClN2O2S. The molecule has 6 heteroatoms. The van der Waals surface area contributed by atoms with Crippen molar-refractivity contribution in [1.82, 2.24) is 10.2 Å². The van der Waals surface area contributed by atoms with Gasteiger partial charge in [-0.3, -0.25) is 9.59 Å². The minimum atomic E-state index is -0.474. The fraction of sp³-hybridized carbons (Fsp3) is 0.462. The van der Waals surface area contributed by atoms with Gasteiger partial charge in [-0.2, -0.15) is 0 Å². The summed E-state index contributed by atoms with van der Waals surface area (Å²) in [6.07, 6.45) is 4.95. The SMILES string of the molecule is CCC(C(=O)NC1CCCC1)N(Cc1ccc(Cl)cc1)C(=O)CSCc1cccc(C)c1. The lowest BCUT2D eigenvalue weighted by Crippen LogP contribution is -2.51. The number of aryl methyl sites for hydroxylation is 1. The third-order valence-electron chi connectivity index (χ3n) is 5.93. The molecule has 0 aliphatic heterocycles. The molecule has 1 aliphatic rings. The molecule has 0 spiro atoms. The minimum Gasteiger partial charge on any atom is -0.352 e. The van der Waals surface area contributed by atoms with Crippen molar-refractivity contribution >= 4 is 35.2 Å². The van der Waals surface area contributed by atoms with Crippen molar-refractivity contribution in [2.75, 3.05) is 5.75 Å². The van der Waals surface area contributed by atoms with Crippen LogP contribution < -0.4 is 5.32 Å². The zero-order valence-corrected chi connectivity index (χ0v) is 20.6. The predicted octanol–water partition coefficient (Wildman–Crippen LogP) is 5.75. The highest BCUT2D eigenvalue weighted by Crippen LogP contribution is 2.21. The van der Waals surface area contributed by atoms with Crippen LogP contribution in [0.25, 0.3) is 0 Å². The van der Waals surface area contributed by atoms with E-state index in [2.05, 4.69) is 30.4 Å². The van der Waals surface area contributed by atoms with E-state index in [1.807, 2.05) is 37.3 Å². The summed E-state index contributed by atoms with van der Waals surface area (Å²) in [4.78, 5) is 28.2. The first-order chi connectivity index (χ1) is 15.5. The van der Waals surface area contributed by atoms with Gasteiger partial charge in [0.1, 0.15) is 6.04 Å². The first kappa shape index (κ1) is 24.7. The monoisotopic (exact) mass is 472 g/mol. The first-order valence-electron chi connectivity index (χ1n) is 11.4. The van der Waals surface area contributed by atoms with Crippen molar-refractivity contribution in [2.24, 2.45) is 0 Å². The van der Waals surface area contributed by atoms with Crippen LogP contribution in [-0.4, -0.2) is 34.6 Å².